The van der Waals surface area contributed by atoms with Gasteiger partial charge in [0.05, 0.1) is 34.4 Å². The summed E-state index contributed by atoms with van der Waals surface area (Å²) in [5.74, 6) is -2.00. The summed E-state index contributed by atoms with van der Waals surface area (Å²) in [7, 11) is 5.97. The van der Waals surface area contributed by atoms with Crippen molar-refractivity contribution in [2.75, 3.05) is 47.5 Å². The summed E-state index contributed by atoms with van der Waals surface area (Å²) in [6.07, 6.45) is 68.4. The van der Waals surface area contributed by atoms with Crippen LogP contribution in [0, 0.1) is 0 Å². The van der Waals surface area contributed by atoms with Gasteiger partial charge in [0.15, 0.2) is 6.10 Å². The van der Waals surface area contributed by atoms with Crippen molar-refractivity contribution in [1.29, 1.82) is 0 Å². The molecule has 2 atom stereocenters. The zero-order chi connectivity index (χ0) is 53.4. The Morgan fingerprint density at radius 2 is 0.781 bits per heavy atom. The second-order valence-corrected chi connectivity index (χ2v) is 21.3. The van der Waals surface area contributed by atoms with Crippen molar-refractivity contribution < 1.29 is 42.9 Å². The molecule has 0 fully saturated rings. The van der Waals surface area contributed by atoms with E-state index in [0.29, 0.717) is 17.4 Å². The van der Waals surface area contributed by atoms with Crippen LogP contribution in [0.3, 0.4) is 0 Å². The molecule has 0 spiro atoms. The molecule has 0 amide bonds. The molecule has 1 N–H and O–H groups in total. The molecule has 0 aliphatic rings. The van der Waals surface area contributed by atoms with E-state index >= 15 is 0 Å². The average Bonchev–Trinajstić information content (AvgIpc) is 3.36. The minimum absolute atomic E-state index is 0.184. The van der Waals surface area contributed by atoms with Crippen LogP contribution >= 0.6 is 0 Å². The van der Waals surface area contributed by atoms with E-state index in [1.54, 1.807) is 0 Å². The highest BCUT2D eigenvalue weighted by atomic mass is 16.7. The Balaban J connectivity index is 4.16. The van der Waals surface area contributed by atoms with Gasteiger partial charge in [-0.15, -0.1) is 0 Å². The number of ether oxygens (including phenoxy) is 4. The van der Waals surface area contributed by atoms with Crippen molar-refractivity contribution >= 4 is 17.9 Å². The van der Waals surface area contributed by atoms with Crippen LogP contribution in [0.15, 0.2) is 72.9 Å². The topological polar surface area (TPSA) is 108 Å². The van der Waals surface area contributed by atoms with E-state index in [2.05, 4.69) is 86.8 Å². The third-order valence-corrected chi connectivity index (χ3v) is 12.9. The van der Waals surface area contributed by atoms with Gasteiger partial charge in [-0.2, -0.15) is 0 Å². The molecule has 0 aliphatic heterocycles. The lowest BCUT2D eigenvalue weighted by Crippen LogP contribution is -2.40. The Hall–Kier alpha value is -3.27. The molecule has 0 heterocycles. The fourth-order valence-corrected chi connectivity index (χ4v) is 8.33. The Morgan fingerprint density at radius 3 is 1.18 bits per heavy atom. The SMILES string of the molecule is CC/C=C\C/C=C\C/C=C\C/C=C\C/C=C\CCCCCCCCCCCCCCCCCC(=O)OC(COC(=O)CCCCCCCCC/C=C\CCCCCCCC)COC(OCC[N+](C)(C)C)C(=O)O. The van der Waals surface area contributed by atoms with Crippen molar-refractivity contribution in [2.45, 2.75) is 270 Å². The second-order valence-electron chi connectivity index (χ2n) is 21.3. The van der Waals surface area contributed by atoms with Crippen LogP contribution in [0.5, 0.6) is 0 Å². The zero-order valence-electron chi connectivity index (χ0n) is 48.0. The summed E-state index contributed by atoms with van der Waals surface area (Å²) in [6, 6.07) is 0. The third-order valence-electron chi connectivity index (χ3n) is 12.9. The maximum absolute atomic E-state index is 12.9. The van der Waals surface area contributed by atoms with Crippen LogP contribution in [0.25, 0.3) is 0 Å². The monoisotopic (exact) mass is 1020 g/mol. The Labute approximate surface area is 449 Å². The Kier molecular flexibility index (Phi) is 52.5. The third kappa shape index (κ3) is 56.3. The van der Waals surface area contributed by atoms with E-state index in [1.165, 1.54) is 161 Å². The minimum Gasteiger partial charge on any atom is -0.477 e. The van der Waals surface area contributed by atoms with Gasteiger partial charge in [-0.25, -0.2) is 4.79 Å². The standard InChI is InChI=1S/C64H113NO8/c1-6-8-10-12-14-16-18-20-22-24-25-26-27-28-29-30-31-32-33-34-35-36-37-39-41-43-45-47-49-51-53-55-62(67)73-60(59-72-64(63(68)69)70-57-56-65(3,4)5)58-71-61(66)54-52-50-48-46-44-42-40-38-23-21-19-17-15-13-11-9-7-2/h8,10,14,16,20-23,25-26,28-29,60,64H,6-7,9,11-13,15,17-19,24,27,30-59H2,1-5H3/p+1/b10-8-,16-14-,22-20-,23-21-,26-25-,29-28-. The van der Waals surface area contributed by atoms with Crippen LogP contribution in [-0.2, 0) is 33.3 Å². The number of carbonyl (C=O) groups excluding carboxylic acids is 2. The summed E-state index contributed by atoms with van der Waals surface area (Å²) in [6.45, 7) is 4.77. The lowest BCUT2D eigenvalue weighted by atomic mass is 10.0. The number of carbonyl (C=O) groups is 3. The number of esters is 2. The van der Waals surface area contributed by atoms with E-state index in [1.807, 2.05) is 21.1 Å². The summed E-state index contributed by atoms with van der Waals surface area (Å²) in [4.78, 5) is 37.4. The number of unbranched alkanes of at least 4 members (excludes halogenated alkanes) is 28. The predicted molar refractivity (Wildman–Crippen MR) is 309 cm³/mol. The number of allylic oxidation sites excluding steroid dienone is 12. The molecule has 0 aromatic rings. The number of hydrogen-bond donors (Lipinski definition) is 1. The molecule has 0 radical (unpaired) electrons. The highest BCUT2D eigenvalue weighted by molar-refractivity contribution is 5.71. The van der Waals surface area contributed by atoms with Gasteiger partial charge < -0.3 is 28.5 Å². The fraction of sp³-hybridized carbons (Fsp3) is 0.766. The van der Waals surface area contributed by atoms with Crippen molar-refractivity contribution in [3.8, 4) is 0 Å². The molecule has 2 unspecified atom stereocenters. The summed E-state index contributed by atoms with van der Waals surface area (Å²) >= 11 is 0. The molecule has 0 saturated carbocycles. The summed E-state index contributed by atoms with van der Waals surface area (Å²) in [5, 5.41) is 9.71. The maximum atomic E-state index is 12.9. The van der Waals surface area contributed by atoms with Gasteiger partial charge in [-0.3, -0.25) is 9.59 Å². The van der Waals surface area contributed by atoms with Crippen molar-refractivity contribution in [3.63, 3.8) is 0 Å². The van der Waals surface area contributed by atoms with Gasteiger partial charge in [0, 0.05) is 12.8 Å². The molecule has 9 heteroatoms. The van der Waals surface area contributed by atoms with Crippen molar-refractivity contribution in [3.05, 3.63) is 72.9 Å². The van der Waals surface area contributed by atoms with E-state index in [-0.39, 0.29) is 32.2 Å². The van der Waals surface area contributed by atoms with Gasteiger partial charge in [0.2, 0.25) is 0 Å². The lowest BCUT2D eigenvalue weighted by Gasteiger charge is -2.25. The molecule has 0 aromatic heterocycles. The molecule has 9 nitrogen and oxygen atoms in total. The molecule has 0 rings (SSSR count). The van der Waals surface area contributed by atoms with Crippen molar-refractivity contribution in [2.24, 2.45) is 0 Å². The number of carboxylic acid groups (broad SMARTS) is 1. The van der Waals surface area contributed by atoms with Gasteiger partial charge in [-0.05, 0) is 83.5 Å². The highest BCUT2D eigenvalue weighted by Crippen LogP contribution is 2.16. The second kappa shape index (κ2) is 55.0. The Bertz CT molecular complexity index is 1420. The molecule has 0 aromatic carbocycles. The lowest BCUT2D eigenvalue weighted by molar-refractivity contribution is -0.870. The molecule has 0 aliphatic carbocycles. The first kappa shape index (κ1) is 69.7. The number of aliphatic carboxylic acids is 1. The Morgan fingerprint density at radius 1 is 0.425 bits per heavy atom. The number of nitrogens with zero attached hydrogens (tertiary/aromatic N) is 1. The predicted octanol–water partition coefficient (Wildman–Crippen LogP) is 17.8. The van der Waals surface area contributed by atoms with Crippen LogP contribution in [-0.4, -0.2) is 87.4 Å². The van der Waals surface area contributed by atoms with Gasteiger partial charge in [0.1, 0.15) is 13.2 Å². The molecule has 0 saturated heterocycles. The first-order valence-corrected chi connectivity index (χ1v) is 30.1. The zero-order valence-corrected chi connectivity index (χ0v) is 48.0. The van der Waals surface area contributed by atoms with E-state index in [4.69, 9.17) is 18.9 Å². The van der Waals surface area contributed by atoms with Crippen LogP contribution in [0.1, 0.15) is 258 Å². The minimum atomic E-state index is -1.51. The number of quaternary nitrogens is 1. The van der Waals surface area contributed by atoms with Crippen LogP contribution < -0.4 is 0 Å². The first-order chi connectivity index (χ1) is 35.6. The number of hydrogen-bond acceptors (Lipinski definition) is 7. The number of carboxylic acids is 1. The maximum Gasteiger partial charge on any atom is 0.361 e. The number of likely N-dealkylation sites (N-methyl/N-ethyl adjacent to an activating group) is 1. The normalized spacial score (nSPS) is 13.3. The van der Waals surface area contributed by atoms with Gasteiger partial charge in [-0.1, -0.05) is 234 Å². The van der Waals surface area contributed by atoms with Crippen LogP contribution in [0.4, 0.5) is 0 Å². The van der Waals surface area contributed by atoms with E-state index < -0.39 is 24.3 Å². The largest absolute Gasteiger partial charge is 0.477 e. The van der Waals surface area contributed by atoms with Gasteiger partial charge >= 0.3 is 17.9 Å². The van der Waals surface area contributed by atoms with Crippen molar-refractivity contribution in [1.82, 2.24) is 0 Å². The smallest absolute Gasteiger partial charge is 0.361 e. The molecule has 0 bridgehead atoms. The quantitative estimate of drug-likeness (QED) is 0.0211. The van der Waals surface area contributed by atoms with E-state index in [0.717, 1.165) is 70.6 Å². The molecular formula is C64H114NO8+. The fourth-order valence-electron chi connectivity index (χ4n) is 8.33. The first-order valence-electron chi connectivity index (χ1n) is 30.1. The van der Waals surface area contributed by atoms with E-state index in [9.17, 15) is 19.5 Å². The molecule has 422 valence electrons. The summed E-state index contributed by atoms with van der Waals surface area (Å²) < 4.78 is 22.9. The highest BCUT2D eigenvalue weighted by Gasteiger charge is 2.25. The number of rotatable bonds is 55. The van der Waals surface area contributed by atoms with Gasteiger partial charge in [0.25, 0.3) is 6.29 Å². The van der Waals surface area contributed by atoms with Crippen LogP contribution in [0.2, 0.25) is 0 Å². The average molecular weight is 1030 g/mol. The summed E-state index contributed by atoms with van der Waals surface area (Å²) in [5.41, 5.74) is 0. The molecular weight excluding hydrogens is 911 g/mol. The molecule has 73 heavy (non-hydrogen) atoms.